The largest absolute Gasteiger partial charge is 0.411 e. The molecule has 0 saturated carbocycles. The first kappa shape index (κ1) is 13.5. The van der Waals surface area contributed by atoms with Gasteiger partial charge in [0.05, 0.1) is 15.5 Å². The summed E-state index contributed by atoms with van der Waals surface area (Å²) in [4.78, 5) is 11.2. The van der Waals surface area contributed by atoms with Gasteiger partial charge in [-0.1, -0.05) is 25.1 Å². The molecule has 0 fully saturated rings. The van der Waals surface area contributed by atoms with Crippen molar-refractivity contribution in [2.75, 3.05) is 0 Å². The molecule has 0 unspecified atom stereocenters. The molecule has 1 N–H and O–H groups in total. The fourth-order valence-corrected chi connectivity index (χ4v) is 2.21. The summed E-state index contributed by atoms with van der Waals surface area (Å²) in [5.41, 5.74) is 0.950. The summed E-state index contributed by atoms with van der Waals surface area (Å²) >= 11 is 1.44. The zero-order valence-electron chi connectivity index (χ0n) is 9.88. The molecule has 0 radical (unpaired) electrons. The van der Waals surface area contributed by atoms with Crippen molar-refractivity contribution in [3.05, 3.63) is 33.9 Å². The van der Waals surface area contributed by atoms with Crippen LogP contribution in [0.25, 0.3) is 0 Å². The number of benzene rings is 1. The Kier molecular flexibility index (Phi) is 4.51. The van der Waals surface area contributed by atoms with Crippen LogP contribution in [0, 0.1) is 10.1 Å². The van der Waals surface area contributed by atoms with Crippen molar-refractivity contribution < 1.29 is 10.1 Å². The number of oxime groups is 1. The average molecular weight is 254 g/mol. The van der Waals surface area contributed by atoms with Crippen molar-refractivity contribution in [2.24, 2.45) is 5.16 Å². The second-order valence-electron chi connectivity index (χ2n) is 3.79. The Hall–Kier alpha value is -1.56. The Morgan fingerprint density at radius 2 is 2.18 bits per heavy atom. The van der Waals surface area contributed by atoms with Gasteiger partial charge in [-0.25, -0.2) is 0 Å². The molecule has 5 nitrogen and oxygen atoms in total. The predicted molar refractivity (Wildman–Crippen MR) is 68.1 cm³/mol. The number of rotatable bonds is 4. The third kappa shape index (κ3) is 3.45. The van der Waals surface area contributed by atoms with E-state index in [0.717, 1.165) is 0 Å². The summed E-state index contributed by atoms with van der Waals surface area (Å²) in [6.45, 7) is 5.54. The van der Waals surface area contributed by atoms with E-state index in [0.29, 0.717) is 16.2 Å². The van der Waals surface area contributed by atoms with Crippen molar-refractivity contribution in [3.8, 4) is 0 Å². The van der Waals surface area contributed by atoms with Crippen molar-refractivity contribution >= 4 is 23.2 Å². The van der Waals surface area contributed by atoms with E-state index in [2.05, 4.69) is 5.16 Å². The second-order valence-corrected chi connectivity index (χ2v) is 5.41. The van der Waals surface area contributed by atoms with Crippen LogP contribution in [0.15, 0.2) is 28.3 Å². The lowest BCUT2D eigenvalue weighted by atomic mass is 10.1. The summed E-state index contributed by atoms with van der Waals surface area (Å²) in [5.74, 6) is 0. The van der Waals surface area contributed by atoms with Crippen LogP contribution >= 0.6 is 11.8 Å². The van der Waals surface area contributed by atoms with Crippen molar-refractivity contribution in [3.63, 3.8) is 0 Å². The van der Waals surface area contributed by atoms with E-state index >= 15 is 0 Å². The van der Waals surface area contributed by atoms with E-state index in [-0.39, 0.29) is 10.9 Å². The number of nitro groups is 1. The molecule has 0 heterocycles. The van der Waals surface area contributed by atoms with Gasteiger partial charge in [-0.05, 0) is 13.0 Å². The summed E-state index contributed by atoms with van der Waals surface area (Å²) in [5, 5.41) is 22.9. The Labute approximate surface area is 104 Å². The Balaban J connectivity index is 3.22. The molecule has 1 aromatic carbocycles. The molecule has 0 amide bonds. The maximum atomic E-state index is 11.0. The quantitative estimate of drug-likeness (QED) is 0.294. The third-order valence-electron chi connectivity index (χ3n) is 2.09. The van der Waals surface area contributed by atoms with Gasteiger partial charge < -0.3 is 5.21 Å². The predicted octanol–water partition coefficient (Wildman–Crippen LogP) is 3.29. The molecule has 0 aliphatic heterocycles. The van der Waals surface area contributed by atoms with E-state index in [1.54, 1.807) is 19.1 Å². The summed E-state index contributed by atoms with van der Waals surface area (Å²) in [6.07, 6.45) is 0. The minimum atomic E-state index is -0.418. The molecule has 92 valence electrons. The number of hydrogen-bond donors (Lipinski definition) is 1. The highest BCUT2D eigenvalue weighted by atomic mass is 32.2. The minimum Gasteiger partial charge on any atom is -0.411 e. The molecule has 0 saturated heterocycles. The molecular weight excluding hydrogens is 240 g/mol. The van der Waals surface area contributed by atoms with Gasteiger partial charge in [0, 0.05) is 16.9 Å². The maximum absolute atomic E-state index is 11.0. The molecule has 0 aliphatic carbocycles. The molecule has 17 heavy (non-hydrogen) atoms. The van der Waals surface area contributed by atoms with Crippen LogP contribution in [0.4, 0.5) is 5.69 Å². The Morgan fingerprint density at radius 3 is 2.65 bits per heavy atom. The highest BCUT2D eigenvalue weighted by Crippen LogP contribution is 2.32. The lowest BCUT2D eigenvalue weighted by Gasteiger charge is -2.07. The van der Waals surface area contributed by atoms with Crippen LogP contribution < -0.4 is 0 Å². The van der Waals surface area contributed by atoms with Gasteiger partial charge in [0.25, 0.3) is 5.69 Å². The molecular formula is C11H14N2O3S. The van der Waals surface area contributed by atoms with Gasteiger partial charge in [-0.15, -0.1) is 11.8 Å². The lowest BCUT2D eigenvalue weighted by Crippen LogP contribution is -1.99. The van der Waals surface area contributed by atoms with Crippen LogP contribution in [0.2, 0.25) is 0 Å². The van der Waals surface area contributed by atoms with E-state index < -0.39 is 4.92 Å². The first-order chi connectivity index (χ1) is 7.95. The summed E-state index contributed by atoms with van der Waals surface area (Å²) in [7, 11) is 0. The lowest BCUT2D eigenvalue weighted by molar-refractivity contribution is -0.387. The smallest absolute Gasteiger partial charge is 0.283 e. The number of thioether (sulfide) groups is 1. The van der Waals surface area contributed by atoms with Crippen LogP contribution in [0.3, 0.4) is 0 Å². The van der Waals surface area contributed by atoms with Crippen LogP contribution in [0.1, 0.15) is 26.3 Å². The fraction of sp³-hybridized carbons (Fsp3) is 0.364. The molecule has 0 atom stereocenters. The molecule has 1 aromatic rings. The van der Waals surface area contributed by atoms with E-state index in [4.69, 9.17) is 5.21 Å². The molecule has 0 aliphatic rings. The minimum absolute atomic E-state index is 0.0456. The first-order valence-corrected chi connectivity index (χ1v) is 5.97. The second kappa shape index (κ2) is 5.67. The SMILES string of the molecule is C/C(=N\O)c1ccc(SC(C)C)c([N+](=O)[O-])c1. The van der Waals surface area contributed by atoms with E-state index in [1.807, 2.05) is 13.8 Å². The van der Waals surface area contributed by atoms with Crippen molar-refractivity contribution in [1.82, 2.24) is 0 Å². The van der Waals surface area contributed by atoms with Crippen molar-refractivity contribution in [1.29, 1.82) is 0 Å². The highest BCUT2D eigenvalue weighted by Gasteiger charge is 2.17. The zero-order chi connectivity index (χ0) is 13.0. The normalized spacial score (nSPS) is 11.9. The third-order valence-corrected chi connectivity index (χ3v) is 3.16. The zero-order valence-corrected chi connectivity index (χ0v) is 10.7. The Morgan fingerprint density at radius 1 is 1.53 bits per heavy atom. The standard InChI is InChI=1S/C11H14N2O3S/c1-7(2)17-11-5-4-9(8(3)12-14)6-10(11)13(15)16/h4-7,14H,1-3H3/b12-8+. The number of hydrogen-bond acceptors (Lipinski definition) is 5. The molecule has 0 aromatic heterocycles. The Bertz CT molecular complexity index is 458. The maximum Gasteiger partial charge on any atom is 0.283 e. The summed E-state index contributed by atoms with van der Waals surface area (Å²) < 4.78 is 0. The average Bonchev–Trinajstić information content (AvgIpc) is 2.27. The fourth-order valence-electron chi connectivity index (χ4n) is 1.30. The molecule has 1 rings (SSSR count). The van der Waals surface area contributed by atoms with Gasteiger partial charge in [0.1, 0.15) is 0 Å². The van der Waals surface area contributed by atoms with Crippen LogP contribution in [-0.2, 0) is 0 Å². The van der Waals surface area contributed by atoms with Gasteiger partial charge >= 0.3 is 0 Å². The van der Waals surface area contributed by atoms with Gasteiger partial charge in [-0.2, -0.15) is 0 Å². The topological polar surface area (TPSA) is 75.7 Å². The van der Waals surface area contributed by atoms with E-state index in [1.165, 1.54) is 17.8 Å². The monoisotopic (exact) mass is 254 g/mol. The van der Waals surface area contributed by atoms with Gasteiger partial charge in [0.15, 0.2) is 0 Å². The van der Waals surface area contributed by atoms with E-state index in [9.17, 15) is 10.1 Å². The van der Waals surface area contributed by atoms with Gasteiger partial charge in [-0.3, -0.25) is 10.1 Å². The van der Waals surface area contributed by atoms with Crippen molar-refractivity contribution in [2.45, 2.75) is 30.9 Å². The number of nitrogens with zero attached hydrogens (tertiary/aromatic N) is 2. The first-order valence-electron chi connectivity index (χ1n) is 5.09. The number of nitro benzene ring substituents is 1. The summed E-state index contributed by atoms with van der Waals surface area (Å²) in [6, 6.07) is 4.83. The van der Waals surface area contributed by atoms with Gasteiger partial charge in [0.2, 0.25) is 0 Å². The molecule has 0 bridgehead atoms. The molecule has 6 heteroatoms. The highest BCUT2D eigenvalue weighted by molar-refractivity contribution is 8.00. The van der Waals surface area contributed by atoms with Crippen LogP contribution in [0.5, 0.6) is 0 Å². The molecule has 0 spiro atoms. The van der Waals surface area contributed by atoms with Crippen LogP contribution in [-0.4, -0.2) is 21.1 Å².